The highest BCUT2D eigenvalue weighted by Crippen LogP contribution is 2.27. The largest absolute Gasteiger partial charge is 0.496 e. The minimum atomic E-state index is -0.729. The molecular formula is C24H31FN2O5. The van der Waals surface area contributed by atoms with Crippen molar-refractivity contribution in [1.29, 1.82) is 0 Å². The molecule has 0 aliphatic carbocycles. The third-order valence-electron chi connectivity index (χ3n) is 4.95. The summed E-state index contributed by atoms with van der Waals surface area (Å²) in [6.07, 6.45) is 1.80. The molecule has 7 nitrogen and oxygen atoms in total. The SMILES string of the molecule is CCCCNC(=O)[C@H](C)N(Cc1ccc(F)cc1)C(=O)COc1cc(OC)cc(OC)c1. The second-order valence-electron chi connectivity index (χ2n) is 7.31. The first-order chi connectivity index (χ1) is 15.4. The van der Waals surface area contributed by atoms with Crippen LogP contribution in [-0.4, -0.2) is 50.1 Å². The number of carbonyl (C=O) groups is 2. The molecule has 0 radical (unpaired) electrons. The fraction of sp³-hybridized carbons (Fsp3) is 0.417. The van der Waals surface area contributed by atoms with Crippen LogP contribution in [0.4, 0.5) is 4.39 Å². The van der Waals surface area contributed by atoms with Crippen molar-refractivity contribution in [2.45, 2.75) is 39.3 Å². The number of methoxy groups -OCH3 is 2. The summed E-state index contributed by atoms with van der Waals surface area (Å²) in [6.45, 7) is 4.09. The predicted octanol–water partition coefficient (Wildman–Crippen LogP) is 3.56. The highest BCUT2D eigenvalue weighted by Gasteiger charge is 2.26. The molecule has 1 N–H and O–H groups in total. The van der Waals surface area contributed by atoms with E-state index in [-0.39, 0.29) is 30.8 Å². The number of nitrogens with zero attached hydrogens (tertiary/aromatic N) is 1. The van der Waals surface area contributed by atoms with Crippen molar-refractivity contribution in [3.8, 4) is 17.2 Å². The zero-order chi connectivity index (χ0) is 23.5. The van der Waals surface area contributed by atoms with Gasteiger partial charge in [0.25, 0.3) is 5.91 Å². The summed E-state index contributed by atoms with van der Waals surface area (Å²) in [6, 6.07) is 10.1. The van der Waals surface area contributed by atoms with Gasteiger partial charge in [-0.25, -0.2) is 4.39 Å². The molecule has 0 saturated heterocycles. The minimum absolute atomic E-state index is 0.145. The van der Waals surface area contributed by atoms with Gasteiger partial charge in [0.15, 0.2) is 6.61 Å². The van der Waals surface area contributed by atoms with E-state index < -0.39 is 6.04 Å². The zero-order valence-electron chi connectivity index (χ0n) is 19.0. The lowest BCUT2D eigenvalue weighted by molar-refractivity contribution is -0.142. The van der Waals surface area contributed by atoms with Crippen molar-refractivity contribution >= 4 is 11.8 Å². The Morgan fingerprint density at radius 3 is 2.19 bits per heavy atom. The van der Waals surface area contributed by atoms with Crippen LogP contribution in [0, 0.1) is 5.82 Å². The van der Waals surface area contributed by atoms with Crippen LogP contribution in [0.2, 0.25) is 0 Å². The molecule has 174 valence electrons. The van der Waals surface area contributed by atoms with E-state index in [0.29, 0.717) is 29.4 Å². The molecule has 8 heteroatoms. The topological polar surface area (TPSA) is 77.1 Å². The van der Waals surface area contributed by atoms with Gasteiger partial charge in [-0.1, -0.05) is 25.5 Å². The first kappa shape index (κ1) is 25.0. The van der Waals surface area contributed by atoms with Crippen LogP contribution < -0.4 is 19.5 Å². The molecule has 2 aromatic carbocycles. The van der Waals surface area contributed by atoms with Gasteiger partial charge in [-0.3, -0.25) is 9.59 Å². The van der Waals surface area contributed by atoms with E-state index in [1.54, 1.807) is 37.3 Å². The predicted molar refractivity (Wildman–Crippen MR) is 119 cm³/mol. The Bertz CT molecular complexity index is 866. The molecule has 0 heterocycles. The second-order valence-corrected chi connectivity index (χ2v) is 7.31. The Labute approximate surface area is 188 Å². The van der Waals surface area contributed by atoms with Crippen molar-refractivity contribution in [3.05, 3.63) is 53.8 Å². The van der Waals surface area contributed by atoms with Crippen molar-refractivity contribution in [1.82, 2.24) is 10.2 Å². The molecule has 0 spiro atoms. The van der Waals surface area contributed by atoms with Crippen LogP contribution in [0.5, 0.6) is 17.2 Å². The maximum atomic E-state index is 13.3. The molecule has 0 bridgehead atoms. The molecule has 0 fully saturated rings. The summed E-state index contributed by atoms with van der Waals surface area (Å²) < 4.78 is 29.4. The third-order valence-corrected chi connectivity index (χ3v) is 4.95. The van der Waals surface area contributed by atoms with Crippen LogP contribution in [-0.2, 0) is 16.1 Å². The minimum Gasteiger partial charge on any atom is -0.496 e. The van der Waals surface area contributed by atoms with Gasteiger partial charge < -0.3 is 24.4 Å². The lowest BCUT2D eigenvalue weighted by Gasteiger charge is -2.28. The van der Waals surface area contributed by atoms with Gasteiger partial charge >= 0.3 is 0 Å². The lowest BCUT2D eigenvalue weighted by atomic mass is 10.1. The monoisotopic (exact) mass is 446 g/mol. The molecule has 0 aliphatic heterocycles. The normalized spacial score (nSPS) is 11.4. The maximum absolute atomic E-state index is 13.3. The summed E-state index contributed by atoms with van der Waals surface area (Å²) in [5.41, 5.74) is 0.705. The van der Waals surface area contributed by atoms with Gasteiger partial charge in [-0.2, -0.15) is 0 Å². The summed E-state index contributed by atoms with van der Waals surface area (Å²) in [7, 11) is 3.04. The second kappa shape index (κ2) is 12.5. The van der Waals surface area contributed by atoms with Crippen molar-refractivity contribution in [3.63, 3.8) is 0 Å². The van der Waals surface area contributed by atoms with E-state index in [9.17, 15) is 14.0 Å². The number of halogens is 1. The molecule has 0 aromatic heterocycles. The van der Waals surface area contributed by atoms with Gasteiger partial charge in [0, 0.05) is 31.3 Å². The van der Waals surface area contributed by atoms with E-state index >= 15 is 0 Å². The number of benzene rings is 2. The Morgan fingerprint density at radius 2 is 1.62 bits per heavy atom. The molecule has 0 aliphatic rings. The lowest BCUT2D eigenvalue weighted by Crippen LogP contribution is -2.49. The molecule has 0 saturated carbocycles. The molecule has 32 heavy (non-hydrogen) atoms. The standard InChI is InChI=1S/C24H31FN2O5/c1-5-6-11-26-24(29)17(2)27(15-18-7-9-19(25)10-8-18)23(28)16-32-22-13-20(30-3)12-21(14-22)31-4/h7-10,12-14,17H,5-6,11,15-16H2,1-4H3,(H,26,29)/t17-/m0/s1. The van der Waals surface area contributed by atoms with Crippen molar-refractivity contribution in [2.75, 3.05) is 27.4 Å². The third kappa shape index (κ3) is 7.44. The number of carbonyl (C=O) groups excluding carboxylic acids is 2. The Hall–Kier alpha value is -3.29. The molecule has 2 amide bonds. The smallest absolute Gasteiger partial charge is 0.261 e. The Kier molecular flexibility index (Phi) is 9.78. The van der Waals surface area contributed by atoms with Crippen LogP contribution in [0.1, 0.15) is 32.3 Å². The summed E-state index contributed by atoms with van der Waals surface area (Å²) in [5, 5.41) is 2.85. The molecular weight excluding hydrogens is 415 g/mol. The van der Waals surface area contributed by atoms with Gasteiger partial charge in [0.05, 0.1) is 14.2 Å². The highest BCUT2D eigenvalue weighted by atomic mass is 19.1. The van der Waals surface area contributed by atoms with Gasteiger partial charge in [0.2, 0.25) is 5.91 Å². The number of unbranched alkanes of at least 4 members (excludes halogenated alkanes) is 1. The van der Waals surface area contributed by atoms with Crippen LogP contribution in [0.3, 0.4) is 0 Å². The number of nitrogens with one attached hydrogen (secondary N) is 1. The number of rotatable bonds is 12. The van der Waals surface area contributed by atoms with Gasteiger partial charge in [0.1, 0.15) is 29.1 Å². The number of ether oxygens (including phenoxy) is 3. The summed E-state index contributed by atoms with van der Waals surface area (Å²) in [4.78, 5) is 27.1. The fourth-order valence-electron chi connectivity index (χ4n) is 3.00. The first-order valence-electron chi connectivity index (χ1n) is 10.6. The zero-order valence-corrected chi connectivity index (χ0v) is 19.0. The van der Waals surface area contributed by atoms with E-state index in [2.05, 4.69) is 5.32 Å². The van der Waals surface area contributed by atoms with Gasteiger partial charge in [-0.15, -0.1) is 0 Å². The van der Waals surface area contributed by atoms with Crippen LogP contribution >= 0.6 is 0 Å². The van der Waals surface area contributed by atoms with E-state index in [1.807, 2.05) is 6.92 Å². The average molecular weight is 447 g/mol. The number of amides is 2. The first-order valence-corrected chi connectivity index (χ1v) is 10.6. The van der Waals surface area contributed by atoms with Crippen molar-refractivity contribution in [2.24, 2.45) is 0 Å². The Balaban J connectivity index is 2.15. The van der Waals surface area contributed by atoms with E-state index in [4.69, 9.17) is 14.2 Å². The fourth-order valence-corrected chi connectivity index (χ4v) is 3.00. The van der Waals surface area contributed by atoms with E-state index in [1.165, 1.54) is 31.3 Å². The van der Waals surface area contributed by atoms with Crippen molar-refractivity contribution < 1.29 is 28.2 Å². The number of hydrogen-bond acceptors (Lipinski definition) is 5. The van der Waals surface area contributed by atoms with Gasteiger partial charge in [-0.05, 0) is 31.0 Å². The molecule has 2 rings (SSSR count). The summed E-state index contributed by atoms with van der Waals surface area (Å²) >= 11 is 0. The van der Waals surface area contributed by atoms with Crippen LogP contribution in [0.25, 0.3) is 0 Å². The molecule has 2 aromatic rings. The van der Waals surface area contributed by atoms with Crippen LogP contribution in [0.15, 0.2) is 42.5 Å². The highest BCUT2D eigenvalue weighted by molar-refractivity contribution is 5.87. The molecule has 0 unspecified atom stereocenters. The number of hydrogen-bond donors (Lipinski definition) is 1. The summed E-state index contributed by atoms with van der Waals surface area (Å²) in [5.74, 6) is 0.451. The maximum Gasteiger partial charge on any atom is 0.261 e. The van der Waals surface area contributed by atoms with E-state index in [0.717, 1.165) is 12.8 Å². The average Bonchev–Trinajstić information content (AvgIpc) is 2.81. The molecule has 1 atom stereocenters. The Morgan fingerprint density at radius 1 is 1.03 bits per heavy atom. The quantitative estimate of drug-likeness (QED) is 0.505.